The number of hydrogen-bond donors (Lipinski definition) is 1. The molecule has 0 aliphatic rings. The number of carbonyl (C=O) groups excluding carboxylic acids is 1. The lowest BCUT2D eigenvalue weighted by molar-refractivity contribution is -0.116. The zero-order valence-corrected chi connectivity index (χ0v) is 13.2. The molecule has 0 bridgehead atoms. The van der Waals surface area contributed by atoms with Gasteiger partial charge in [0.2, 0.25) is 5.91 Å². The third kappa shape index (κ3) is 4.20. The van der Waals surface area contributed by atoms with Gasteiger partial charge in [-0.05, 0) is 48.4 Å². The van der Waals surface area contributed by atoms with Crippen molar-refractivity contribution in [2.75, 3.05) is 5.32 Å². The molecular weight excluding hydrogens is 310 g/mol. The average Bonchev–Trinajstić information content (AvgIpc) is 3.08. The van der Waals surface area contributed by atoms with Crippen LogP contribution in [0.4, 0.5) is 5.69 Å². The second-order valence-electron chi connectivity index (χ2n) is 5.19. The van der Waals surface area contributed by atoms with Crippen LogP contribution < -0.4 is 5.32 Å². The Morgan fingerprint density at radius 1 is 1.17 bits per heavy atom. The summed E-state index contributed by atoms with van der Waals surface area (Å²) in [6, 6.07) is 15.2. The van der Waals surface area contributed by atoms with Crippen LogP contribution in [0.15, 0.2) is 67.3 Å². The first-order valence-electron chi connectivity index (χ1n) is 7.33. The number of benzene rings is 2. The second-order valence-corrected chi connectivity index (χ2v) is 5.63. The Morgan fingerprint density at radius 2 is 2.00 bits per heavy atom. The minimum absolute atomic E-state index is 0.0136. The van der Waals surface area contributed by atoms with Crippen molar-refractivity contribution in [2.24, 2.45) is 0 Å². The predicted molar refractivity (Wildman–Crippen MR) is 92.0 cm³/mol. The average molecular weight is 326 g/mol. The van der Waals surface area contributed by atoms with Gasteiger partial charge in [0.1, 0.15) is 0 Å². The van der Waals surface area contributed by atoms with Crippen molar-refractivity contribution in [3.8, 4) is 5.69 Å². The number of carbonyl (C=O) groups is 1. The van der Waals surface area contributed by atoms with Crippen molar-refractivity contribution < 1.29 is 4.79 Å². The molecule has 0 spiro atoms. The number of amides is 1. The van der Waals surface area contributed by atoms with Crippen LogP contribution in [0, 0.1) is 0 Å². The molecular formula is C18H16ClN3O. The van der Waals surface area contributed by atoms with Gasteiger partial charge in [0.05, 0.1) is 6.33 Å². The molecule has 1 N–H and O–H groups in total. The molecule has 0 aliphatic carbocycles. The number of rotatable bonds is 5. The van der Waals surface area contributed by atoms with E-state index in [1.54, 1.807) is 12.5 Å². The third-order valence-electron chi connectivity index (χ3n) is 3.48. The minimum atomic E-state index is -0.0136. The maximum atomic E-state index is 12.0. The molecule has 0 radical (unpaired) electrons. The third-order valence-corrected chi connectivity index (χ3v) is 3.72. The number of hydrogen-bond acceptors (Lipinski definition) is 2. The van der Waals surface area contributed by atoms with Crippen LogP contribution in [-0.4, -0.2) is 15.5 Å². The van der Waals surface area contributed by atoms with E-state index in [1.165, 1.54) is 0 Å². The summed E-state index contributed by atoms with van der Waals surface area (Å²) < 4.78 is 1.91. The Morgan fingerprint density at radius 3 is 2.70 bits per heavy atom. The van der Waals surface area contributed by atoms with Crippen molar-refractivity contribution in [1.82, 2.24) is 9.55 Å². The van der Waals surface area contributed by atoms with Crippen LogP contribution in [0.2, 0.25) is 5.02 Å². The first kappa shape index (κ1) is 15.3. The van der Waals surface area contributed by atoms with Gasteiger partial charge in [-0.3, -0.25) is 4.79 Å². The second kappa shape index (κ2) is 7.11. The van der Waals surface area contributed by atoms with Crippen LogP contribution in [0.25, 0.3) is 5.69 Å². The van der Waals surface area contributed by atoms with Gasteiger partial charge in [-0.15, -0.1) is 0 Å². The van der Waals surface area contributed by atoms with Crippen molar-refractivity contribution in [1.29, 1.82) is 0 Å². The van der Waals surface area contributed by atoms with Crippen LogP contribution in [-0.2, 0) is 11.2 Å². The summed E-state index contributed by atoms with van der Waals surface area (Å²) in [6.45, 7) is 0. The number of halogens is 1. The topological polar surface area (TPSA) is 46.9 Å². The highest BCUT2D eigenvalue weighted by atomic mass is 35.5. The standard InChI is InChI=1S/C18H16ClN3O/c19-15-3-1-2-14(12-15)4-9-18(23)21-16-5-7-17(8-6-16)22-11-10-20-13-22/h1-3,5-8,10-13H,4,9H2,(H,21,23). The molecule has 0 atom stereocenters. The summed E-state index contributed by atoms with van der Waals surface area (Å²) in [5, 5.41) is 3.60. The molecule has 0 fully saturated rings. The molecule has 0 aliphatic heterocycles. The molecule has 1 heterocycles. The summed E-state index contributed by atoms with van der Waals surface area (Å²) in [5.74, 6) is -0.0136. The fraction of sp³-hybridized carbons (Fsp3) is 0.111. The number of nitrogens with zero attached hydrogens (tertiary/aromatic N) is 2. The molecule has 0 saturated carbocycles. The summed E-state index contributed by atoms with van der Waals surface area (Å²) >= 11 is 5.94. The van der Waals surface area contributed by atoms with Gasteiger partial charge in [-0.25, -0.2) is 4.98 Å². The Balaban J connectivity index is 1.55. The Labute approximate surface area is 139 Å². The number of anilines is 1. The molecule has 1 aromatic heterocycles. The number of imidazole rings is 1. The molecule has 0 unspecified atom stereocenters. The lowest BCUT2D eigenvalue weighted by Gasteiger charge is -2.07. The highest BCUT2D eigenvalue weighted by molar-refractivity contribution is 6.30. The molecule has 116 valence electrons. The lowest BCUT2D eigenvalue weighted by Crippen LogP contribution is -2.12. The maximum Gasteiger partial charge on any atom is 0.224 e. The van der Waals surface area contributed by atoms with E-state index in [2.05, 4.69) is 10.3 Å². The van der Waals surface area contributed by atoms with Gasteiger partial charge in [0, 0.05) is 35.2 Å². The lowest BCUT2D eigenvalue weighted by atomic mass is 10.1. The van der Waals surface area contributed by atoms with Gasteiger partial charge >= 0.3 is 0 Å². The highest BCUT2D eigenvalue weighted by Crippen LogP contribution is 2.15. The first-order valence-corrected chi connectivity index (χ1v) is 7.71. The van der Waals surface area contributed by atoms with Crippen molar-refractivity contribution in [3.05, 3.63) is 77.8 Å². The Kier molecular flexibility index (Phi) is 4.74. The fourth-order valence-corrected chi connectivity index (χ4v) is 2.52. The van der Waals surface area contributed by atoms with Crippen LogP contribution in [0.1, 0.15) is 12.0 Å². The molecule has 3 aromatic rings. The van der Waals surface area contributed by atoms with E-state index < -0.39 is 0 Å². The van der Waals surface area contributed by atoms with Crippen LogP contribution in [0.3, 0.4) is 0 Å². The summed E-state index contributed by atoms with van der Waals surface area (Å²) in [4.78, 5) is 16.0. The molecule has 3 rings (SSSR count). The minimum Gasteiger partial charge on any atom is -0.326 e. The zero-order chi connectivity index (χ0) is 16.1. The fourth-order valence-electron chi connectivity index (χ4n) is 2.30. The van der Waals surface area contributed by atoms with E-state index in [9.17, 15) is 4.79 Å². The van der Waals surface area contributed by atoms with Gasteiger partial charge in [-0.1, -0.05) is 23.7 Å². The van der Waals surface area contributed by atoms with E-state index in [4.69, 9.17) is 11.6 Å². The van der Waals surface area contributed by atoms with Gasteiger partial charge in [0.25, 0.3) is 0 Å². The predicted octanol–water partition coefficient (Wildman–Crippen LogP) is 4.10. The molecule has 5 heteroatoms. The van der Waals surface area contributed by atoms with Gasteiger partial charge in [0.15, 0.2) is 0 Å². The number of aromatic nitrogens is 2. The number of nitrogens with one attached hydrogen (secondary N) is 1. The summed E-state index contributed by atoms with van der Waals surface area (Å²) in [6.07, 6.45) is 6.42. The van der Waals surface area contributed by atoms with Crippen molar-refractivity contribution in [2.45, 2.75) is 12.8 Å². The van der Waals surface area contributed by atoms with Crippen molar-refractivity contribution in [3.63, 3.8) is 0 Å². The van der Waals surface area contributed by atoms with E-state index in [0.29, 0.717) is 17.9 Å². The SMILES string of the molecule is O=C(CCc1cccc(Cl)c1)Nc1ccc(-n2ccnc2)cc1. The normalized spacial score (nSPS) is 10.5. The van der Waals surface area contributed by atoms with Gasteiger partial charge in [-0.2, -0.15) is 0 Å². The molecule has 2 aromatic carbocycles. The molecule has 1 amide bonds. The summed E-state index contributed by atoms with van der Waals surface area (Å²) in [7, 11) is 0. The largest absolute Gasteiger partial charge is 0.326 e. The van der Waals surface area contributed by atoms with Crippen LogP contribution in [0.5, 0.6) is 0 Å². The van der Waals surface area contributed by atoms with E-state index >= 15 is 0 Å². The molecule has 4 nitrogen and oxygen atoms in total. The van der Waals surface area contributed by atoms with Crippen LogP contribution >= 0.6 is 11.6 Å². The quantitative estimate of drug-likeness (QED) is 0.767. The first-order chi connectivity index (χ1) is 11.2. The summed E-state index contributed by atoms with van der Waals surface area (Å²) in [5.41, 5.74) is 2.84. The van der Waals surface area contributed by atoms with E-state index in [0.717, 1.165) is 16.9 Å². The highest BCUT2D eigenvalue weighted by Gasteiger charge is 2.04. The molecule has 0 saturated heterocycles. The van der Waals surface area contributed by atoms with E-state index in [1.807, 2.05) is 59.3 Å². The van der Waals surface area contributed by atoms with Crippen molar-refractivity contribution >= 4 is 23.2 Å². The monoisotopic (exact) mass is 325 g/mol. The Hall–Kier alpha value is -2.59. The number of aryl methyl sites for hydroxylation is 1. The van der Waals surface area contributed by atoms with Gasteiger partial charge < -0.3 is 9.88 Å². The smallest absolute Gasteiger partial charge is 0.224 e. The van der Waals surface area contributed by atoms with E-state index in [-0.39, 0.29) is 5.91 Å². The molecule has 23 heavy (non-hydrogen) atoms. The zero-order valence-electron chi connectivity index (χ0n) is 12.4. The Bertz CT molecular complexity index is 782. The maximum absolute atomic E-state index is 12.0.